The molecule has 1 aromatic carbocycles. The summed E-state index contributed by atoms with van der Waals surface area (Å²) < 4.78 is 26.5. The number of hydrogen-bond donors (Lipinski definition) is 1. The van der Waals surface area contributed by atoms with Crippen molar-refractivity contribution < 1.29 is 13.9 Å². The molecule has 1 nitrogen and oxygen atoms in total. The van der Waals surface area contributed by atoms with Gasteiger partial charge in [-0.3, -0.25) is 0 Å². The van der Waals surface area contributed by atoms with Gasteiger partial charge in [0.05, 0.1) is 6.10 Å². The van der Waals surface area contributed by atoms with Crippen LogP contribution in [0.5, 0.6) is 0 Å². The van der Waals surface area contributed by atoms with Crippen LogP contribution >= 0.6 is 0 Å². The maximum atomic E-state index is 13.4. The van der Waals surface area contributed by atoms with E-state index in [9.17, 15) is 13.9 Å². The van der Waals surface area contributed by atoms with Crippen molar-refractivity contribution in [1.29, 1.82) is 0 Å². The van der Waals surface area contributed by atoms with Crippen molar-refractivity contribution in [1.82, 2.24) is 0 Å². The minimum Gasteiger partial charge on any atom is -0.388 e. The van der Waals surface area contributed by atoms with E-state index in [1.54, 1.807) is 0 Å². The Morgan fingerprint density at radius 1 is 0.950 bits per heavy atom. The minimum atomic E-state index is -0.897. The van der Waals surface area contributed by atoms with Crippen LogP contribution in [0.25, 0.3) is 0 Å². The van der Waals surface area contributed by atoms with Crippen molar-refractivity contribution in [3.63, 3.8) is 0 Å². The number of unbranched alkanes of at least 4 members (excludes halogenated alkanes) is 7. The molecule has 0 fully saturated rings. The summed E-state index contributed by atoms with van der Waals surface area (Å²) in [5, 5.41) is 9.89. The van der Waals surface area contributed by atoms with Crippen LogP contribution in [0.1, 0.15) is 76.4 Å². The van der Waals surface area contributed by atoms with E-state index in [4.69, 9.17) is 0 Å². The fourth-order valence-electron chi connectivity index (χ4n) is 2.40. The molecule has 3 heteroatoms. The van der Waals surface area contributed by atoms with Gasteiger partial charge in [0, 0.05) is 5.56 Å². The van der Waals surface area contributed by atoms with Crippen LogP contribution in [-0.2, 0) is 0 Å². The number of aliphatic hydroxyl groups is 1. The van der Waals surface area contributed by atoms with Crippen molar-refractivity contribution in [3.8, 4) is 0 Å². The molecule has 1 unspecified atom stereocenters. The molecule has 0 bridgehead atoms. The highest BCUT2D eigenvalue weighted by molar-refractivity contribution is 5.20. The number of hydrogen-bond acceptors (Lipinski definition) is 1. The van der Waals surface area contributed by atoms with Crippen molar-refractivity contribution in [2.24, 2.45) is 0 Å². The Balaban J connectivity index is 2.17. The molecule has 0 saturated heterocycles. The predicted molar refractivity (Wildman–Crippen MR) is 78.5 cm³/mol. The van der Waals surface area contributed by atoms with Crippen molar-refractivity contribution >= 4 is 0 Å². The van der Waals surface area contributed by atoms with Crippen LogP contribution in [0, 0.1) is 11.6 Å². The number of rotatable bonds is 10. The maximum Gasteiger partial charge on any atom is 0.129 e. The predicted octanol–water partition coefficient (Wildman–Crippen LogP) is 5.53. The summed E-state index contributed by atoms with van der Waals surface area (Å²) in [7, 11) is 0. The Morgan fingerprint density at radius 2 is 1.55 bits per heavy atom. The Kier molecular flexibility index (Phi) is 8.43. The van der Waals surface area contributed by atoms with Crippen LogP contribution in [0.4, 0.5) is 8.78 Å². The second-order valence-corrected chi connectivity index (χ2v) is 5.45. The van der Waals surface area contributed by atoms with Crippen molar-refractivity contribution in [2.75, 3.05) is 0 Å². The van der Waals surface area contributed by atoms with Gasteiger partial charge in [0.25, 0.3) is 0 Å². The molecular formula is C17H26F2O. The van der Waals surface area contributed by atoms with Gasteiger partial charge in [-0.05, 0) is 24.6 Å². The van der Waals surface area contributed by atoms with Gasteiger partial charge in [-0.15, -0.1) is 0 Å². The van der Waals surface area contributed by atoms with E-state index in [1.165, 1.54) is 32.1 Å². The highest BCUT2D eigenvalue weighted by Gasteiger charge is 2.13. The Labute approximate surface area is 121 Å². The molecule has 1 rings (SSSR count). The third kappa shape index (κ3) is 6.47. The lowest BCUT2D eigenvalue weighted by atomic mass is 10.0. The zero-order valence-electron chi connectivity index (χ0n) is 12.4. The summed E-state index contributed by atoms with van der Waals surface area (Å²) in [6, 6.07) is 3.23. The summed E-state index contributed by atoms with van der Waals surface area (Å²) in [4.78, 5) is 0. The molecule has 1 atom stereocenters. The van der Waals surface area contributed by atoms with Gasteiger partial charge in [-0.25, -0.2) is 8.78 Å². The third-order valence-corrected chi connectivity index (χ3v) is 3.65. The molecular weight excluding hydrogens is 258 g/mol. The molecule has 0 aromatic heterocycles. The number of aliphatic hydroxyl groups excluding tert-OH is 1. The van der Waals surface area contributed by atoms with Gasteiger partial charge >= 0.3 is 0 Å². The lowest BCUT2D eigenvalue weighted by Crippen LogP contribution is -2.01. The summed E-state index contributed by atoms with van der Waals surface area (Å²) in [6.07, 6.45) is 9.00. The molecule has 0 aliphatic heterocycles. The first kappa shape index (κ1) is 17.1. The number of halogens is 2. The molecule has 0 spiro atoms. The average Bonchev–Trinajstić information content (AvgIpc) is 2.44. The summed E-state index contributed by atoms with van der Waals surface area (Å²) >= 11 is 0. The van der Waals surface area contributed by atoms with Crippen LogP contribution in [0.15, 0.2) is 18.2 Å². The molecule has 0 amide bonds. The second kappa shape index (κ2) is 9.87. The molecule has 1 aromatic rings. The van der Waals surface area contributed by atoms with E-state index >= 15 is 0 Å². The zero-order valence-corrected chi connectivity index (χ0v) is 12.4. The van der Waals surface area contributed by atoms with E-state index in [2.05, 4.69) is 6.92 Å². The Bertz CT molecular complexity index is 379. The molecule has 0 aliphatic rings. The topological polar surface area (TPSA) is 20.2 Å². The molecule has 0 saturated carbocycles. The molecule has 114 valence electrons. The van der Waals surface area contributed by atoms with Crippen molar-refractivity contribution in [3.05, 3.63) is 35.4 Å². The lowest BCUT2D eigenvalue weighted by molar-refractivity contribution is 0.158. The normalized spacial score (nSPS) is 12.6. The standard InChI is InChI=1S/C17H26F2O/c1-2-3-4-5-6-7-8-9-10-17(20)15-13-14(18)11-12-16(15)19/h11-13,17,20H,2-10H2,1H3. The summed E-state index contributed by atoms with van der Waals surface area (Å²) in [5.41, 5.74) is 0.0768. The van der Waals surface area contributed by atoms with Crippen LogP contribution < -0.4 is 0 Å². The van der Waals surface area contributed by atoms with Crippen molar-refractivity contribution in [2.45, 2.75) is 70.8 Å². The highest BCUT2D eigenvalue weighted by Crippen LogP contribution is 2.23. The van der Waals surface area contributed by atoms with E-state index in [0.29, 0.717) is 6.42 Å². The van der Waals surface area contributed by atoms with Gasteiger partial charge in [0.1, 0.15) is 11.6 Å². The quantitative estimate of drug-likeness (QED) is 0.560. The fourth-order valence-corrected chi connectivity index (χ4v) is 2.40. The molecule has 0 heterocycles. The van der Waals surface area contributed by atoms with Gasteiger partial charge in [0.15, 0.2) is 0 Å². The van der Waals surface area contributed by atoms with E-state index in [0.717, 1.165) is 37.5 Å². The van der Waals surface area contributed by atoms with Crippen LogP contribution in [0.2, 0.25) is 0 Å². The van der Waals surface area contributed by atoms with E-state index in [1.807, 2.05) is 0 Å². The van der Waals surface area contributed by atoms with E-state index in [-0.39, 0.29) is 5.56 Å². The second-order valence-electron chi connectivity index (χ2n) is 5.45. The SMILES string of the molecule is CCCCCCCCCCC(O)c1cc(F)ccc1F. The first-order chi connectivity index (χ1) is 9.65. The average molecular weight is 284 g/mol. The first-order valence-corrected chi connectivity index (χ1v) is 7.78. The third-order valence-electron chi connectivity index (χ3n) is 3.65. The monoisotopic (exact) mass is 284 g/mol. The van der Waals surface area contributed by atoms with Gasteiger partial charge in [-0.1, -0.05) is 58.3 Å². The first-order valence-electron chi connectivity index (χ1n) is 7.78. The molecule has 20 heavy (non-hydrogen) atoms. The smallest absolute Gasteiger partial charge is 0.129 e. The fraction of sp³-hybridized carbons (Fsp3) is 0.647. The Hall–Kier alpha value is -0.960. The molecule has 0 radical (unpaired) electrons. The molecule has 0 aliphatic carbocycles. The summed E-state index contributed by atoms with van der Waals surface area (Å²) in [6.45, 7) is 2.20. The summed E-state index contributed by atoms with van der Waals surface area (Å²) in [5.74, 6) is -1.03. The maximum absolute atomic E-state index is 13.4. The van der Waals surface area contributed by atoms with Crippen LogP contribution in [0.3, 0.4) is 0 Å². The van der Waals surface area contributed by atoms with Gasteiger partial charge in [-0.2, -0.15) is 0 Å². The van der Waals surface area contributed by atoms with E-state index < -0.39 is 17.7 Å². The minimum absolute atomic E-state index is 0.0768. The van der Waals surface area contributed by atoms with Gasteiger partial charge in [0.2, 0.25) is 0 Å². The Morgan fingerprint density at radius 3 is 2.20 bits per heavy atom. The van der Waals surface area contributed by atoms with Crippen LogP contribution in [-0.4, -0.2) is 5.11 Å². The largest absolute Gasteiger partial charge is 0.388 e. The molecule has 1 N–H and O–H groups in total. The number of benzene rings is 1. The zero-order chi connectivity index (χ0) is 14.8. The van der Waals surface area contributed by atoms with Gasteiger partial charge < -0.3 is 5.11 Å². The highest BCUT2D eigenvalue weighted by atomic mass is 19.1. The lowest BCUT2D eigenvalue weighted by Gasteiger charge is -2.12.